The first-order valence-electron chi connectivity index (χ1n) is 12.5. The van der Waals surface area contributed by atoms with E-state index in [0.29, 0.717) is 6.54 Å². The number of rotatable bonds is 6. The fourth-order valence-electron chi connectivity index (χ4n) is 4.31. The molecule has 0 fully saturated rings. The highest BCUT2D eigenvalue weighted by Crippen LogP contribution is 2.31. The molecule has 0 spiro atoms. The Morgan fingerprint density at radius 1 is 0.842 bits per heavy atom. The number of hydrazine groups is 1. The highest BCUT2D eigenvalue weighted by molar-refractivity contribution is 7.13. The predicted molar refractivity (Wildman–Crippen MR) is 155 cm³/mol. The zero-order valence-electron chi connectivity index (χ0n) is 21.2. The molecule has 0 aliphatic carbocycles. The van der Waals surface area contributed by atoms with Crippen LogP contribution in [0.15, 0.2) is 102 Å². The molecule has 0 saturated heterocycles. The van der Waals surface area contributed by atoms with E-state index in [1.165, 1.54) is 11.3 Å². The van der Waals surface area contributed by atoms with Gasteiger partial charge in [-0.05, 0) is 39.9 Å². The number of amides is 3. The Bertz CT molecular complexity index is 1570. The molecule has 0 aliphatic heterocycles. The molecule has 5 aromatic rings. The van der Waals surface area contributed by atoms with Crippen LogP contribution in [0.4, 0.5) is 10.5 Å². The summed E-state index contributed by atoms with van der Waals surface area (Å²) < 4.78 is 0. The van der Waals surface area contributed by atoms with Crippen molar-refractivity contribution >= 4 is 39.7 Å². The van der Waals surface area contributed by atoms with E-state index in [1.54, 1.807) is 10.3 Å². The number of nitrogens with one attached hydrogen (secondary N) is 2. The van der Waals surface area contributed by atoms with E-state index in [0.717, 1.165) is 38.2 Å². The van der Waals surface area contributed by atoms with Crippen LogP contribution >= 0.6 is 11.3 Å². The van der Waals surface area contributed by atoms with Crippen molar-refractivity contribution in [2.75, 3.05) is 11.4 Å². The van der Waals surface area contributed by atoms with E-state index in [4.69, 9.17) is 0 Å². The molecule has 6 nitrogen and oxygen atoms in total. The minimum atomic E-state index is -0.469. The topological polar surface area (TPSA) is 74.3 Å². The lowest BCUT2D eigenvalue weighted by molar-refractivity contribution is 0.0933. The number of thiazole rings is 1. The van der Waals surface area contributed by atoms with Crippen LogP contribution in [0.5, 0.6) is 0 Å². The summed E-state index contributed by atoms with van der Waals surface area (Å²) in [7, 11) is 0. The van der Waals surface area contributed by atoms with Crippen LogP contribution in [0.1, 0.15) is 24.3 Å². The molecule has 38 heavy (non-hydrogen) atoms. The Labute approximate surface area is 225 Å². The fourth-order valence-corrected chi connectivity index (χ4v) is 5.15. The number of nitrogens with zero attached hydrogens (tertiary/aromatic N) is 2. The van der Waals surface area contributed by atoms with Gasteiger partial charge in [0.25, 0.3) is 5.91 Å². The number of carbonyl (C=O) groups excluding carboxylic acids is 2. The summed E-state index contributed by atoms with van der Waals surface area (Å²) in [6.45, 7) is 4.58. The Hall–Kier alpha value is -4.49. The molecule has 2 N–H and O–H groups in total. The summed E-state index contributed by atoms with van der Waals surface area (Å²) in [5.41, 5.74) is 9.16. The van der Waals surface area contributed by atoms with Crippen molar-refractivity contribution in [1.82, 2.24) is 15.8 Å². The van der Waals surface area contributed by atoms with Crippen LogP contribution in [-0.4, -0.2) is 23.5 Å². The van der Waals surface area contributed by atoms with Crippen LogP contribution in [-0.2, 0) is 0 Å². The Morgan fingerprint density at radius 3 is 2.37 bits per heavy atom. The van der Waals surface area contributed by atoms with Crippen LogP contribution in [0.25, 0.3) is 32.5 Å². The van der Waals surface area contributed by atoms with E-state index < -0.39 is 11.9 Å². The van der Waals surface area contributed by atoms with Gasteiger partial charge in [-0.2, -0.15) is 0 Å². The normalized spacial score (nSPS) is 10.9. The fraction of sp³-hybridized carbons (Fsp3) is 0.129. The second-order valence-corrected chi connectivity index (χ2v) is 10.2. The zero-order valence-corrected chi connectivity index (χ0v) is 22.0. The van der Waals surface area contributed by atoms with Gasteiger partial charge in [-0.1, -0.05) is 98.8 Å². The third-order valence-corrected chi connectivity index (χ3v) is 6.97. The molecule has 0 atom stereocenters. The van der Waals surface area contributed by atoms with Crippen LogP contribution in [0.3, 0.4) is 0 Å². The van der Waals surface area contributed by atoms with Gasteiger partial charge in [0, 0.05) is 23.2 Å². The first-order valence-corrected chi connectivity index (χ1v) is 13.3. The first kappa shape index (κ1) is 25.2. The number of urea groups is 1. The second kappa shape index (κ2) is 11.3. The van der Waals surface area contributed by atoms with Gasteiger partial charge in [0.05, 0.1) is 0 Å². The summed E-state index contributed by atoms with van der Waals surface area (Å²) in [4.78, 5) is 32.3. The minimum Gasteiger partial charge on any atom is -0.293 e. The van der Waals surface area contributed by atoms with Gasteiger partial charge in [0.1, 0.15) is 10.7 Å². The molecule has 1 heterocycles. The van der Waals surface area contributed by atoms with E-state index >= 15 is 0 Å². The molecule has 190 valence electrons. The van der Waals surface area contributed by atoms with Crippen molar-refractivity contribution in [3.05, 3.63) is 108 Å². The lowest BCUT2D eigenvalue weighted by Crippen LogP contribution is -2.50. The zero-order chi connectivity index (χ0) is 26.5. The summed E-state index contributed by atoms with van der Waals surface area (Å²) in [6.07, 6.45) is 0. The number of fused-ring (bicyclic) bond motifs is 1. The average molecular weight is 521 g/mol. The number of anilines is 1. The van der Waals surface area contributed by atoms with Crippen LogP contribution < -0.4 is 15.8 Å². The number of aromatic nitrogens is 1. The Kier molecular flexibility index (Phi) is 7.47. The predicted octanol–water partition coefficient (Wildman–Crippen LogP) is 7.15. The van der Waals surface area contributed by atoms with Gasteiger partial charge in [-0.3, -0.25) is 15.1 Å². The Morgan fingerprint density at radius 2 is 1.55 bits per heavy atom. The number of benzene rings is 4. The Balaban J connectivity index is 1.31. The highest BCUT2D eigenvalue weighted by Gasteiger charge is 2.20. The maximum Gasteiger partial charge on any atom is 0.340 e. The molecule has 5 rings (SSSR count). The molecule has 1 aromatic heterocycles. The van der Waals surface area contributed by atoms with Gasteiger partial charge in [0.2, 0.25) is 0 Å². The van der Waals surface area contributed by atoms with Gasteiger partial charge in [-0.15, -0.1) is 11.3 Å². The lowest BCUT2D eigenvalue weighted by Gasteiger charge is -2.25. The average Bonchev–Trinajstić information content (AvgIpc) is 3.45. The third kappa shape index (κ3) is 5.58. The molecule has 3 amide bonds. The summed E-state index contributed by atoms with van der Waals surface area (Å²) in [6, 6.07) is 31.5. The van der Waals surface area contributed by atoms with Gasteiger partial charge in [-0.25, -0.2) is 15.2 Å². The van der Waals surface area contributed by atoms with Gasteiger partial charge < -0.3 is 0 Å². The van der Waals surface area contributed by atoms with E-state index in [-0.39, 0.29) is 11.6 Å². The molecular formula is C31H28N4O2S. The van der Waals surface area contributed by atoms with Crippen molar-refractivity contribution in [1.29, 1.82) is 0 Å². The first-order chi connectivity index (χ1) is 18.5. The van der Waals surface area contributed by atoms with Crippen LogP contribution in [0, 0.1) is 5.92 Å². The number of carbonyl (C=O) groups is 2. The second-order valence-electron chi connectivity index (χ2n) is 9.37. The van der Waals surface area contributed by atoms with Crippen molar-refractivity contribution in [3.8, 4) is 21.7 Å². The molecule has 0 unspecified atom stereocenters. The van der Waals surface area contributed by atoms with Gasteiger partial charge >= 0.3 is 6.03 Å². The molecule has 0 radical (unpaired) electrons. The highest BCUT2D eigenvalue weighted by atomic mass is 32.1. The van der Waals surface area contributed by atoms with Crippen molar-refractivity contribution in [3.63, 3.8) is 0 Å². The monoisotopic (exact) mass is 520 g/mol. The van der Waals surface area contributed by atoms with Crippen molar-refractivity contribution in [2.45, 2.75) is 13.8 Å². The smallest absolute Gasteiger partial charge is 0.293 e. The lowest BCUT2D eigenvalue weighted by atomic mass is 10.0. The molecule has 0 saturated carbocycles. The van der Waals surface area contributed by atoms with Crippen molar-refractivity contribution in [2.24, 2.45) is 5.92 Å². The number of hydrogen-bond acceptors (Lipinski definition) is 4. The molecule has 7 heteroatoms. The largest absolute Gasteiger partial charge is 0.340 e. The van der Waals surface area contributed by atoms with E-state index in [9.17, 15) is 9.59 Å². The minimum absolute atomic E-state index is 0.221. The molecule has 0 aliphatic rings. The SMILES string of the molecule is CC(C)CN(C(=O)NNC(=O)c1csc(-c2cccc3ccccc23)n1)c1cccc(-c2ccccc2)c1. The van der Waals surface area contributed by atoms with Gasteiger partial charge in [0.15, 0.2) is 0 Å². The summed E-state index contributed by atoms with van der Waals surface area (Å²) in [5, 5.41) is 4.64. The molecule has 4 aromatic carbocycles. The number of hydrogen-bond donors (Lipinski definition) is 2. The quantitative estimate of drug-likeness (QED) is 0.234. The maximum absolute atomic E-state index is 13.2. The molecular weight excluding hydrogens is 492 g/mol. The van der Waals surface area contributed by atoms with E-state index in [1.807, 2.05) is 111 Å². The van der Waals surface area contributed by atoms with E-state index in [2.05, 4.69) is 15.8 Å². The third-order valence-electron chi connectivity index (χ3n) is 6.10. The summed E-state index contributed by atoms with van der Waals surface area (Å²) >= 11 is 1.40. The molecule has 0 bridgehead atoms. The standard InChI is InChI=1S/C31H28N4O2S/c1-21(2)19-35(25-15-8-14-24(18-25)22-10-4-3-5-11-22)31(37)34-33-29(36)28-20-38-30(32-28)27-17-9-13-23-12-6-7-16-26(23)27/h3-18,20-21H,19H2,1-2H3,(H,33,36)(H,34,37). The maximum atomic E-state index is 13.2. The summed E-state index contributed by atoms with van der Waals surface area (Å²) in [5.74, 6) is -0.248. The van der Waals surface area contributed by atoms with Crippen molar-refractivity contribution < 1.29 is 9.59 Å². The van der Waals surface area contributed by atoms with Crippen LogP contribution in [0.2, 0.25) is 0 Å².